The molecule has 0 saturated heterocycles. The highest BCUT2D eigenvalue weighted by atomic mass is 19.3. The number of carbonyl (C=O) groups is 1. The molecule has 1 rings (SSSR count). The number of hydrogen-bond donors (Lipinski definition) is 1. The SMILES string of the molecule is CCCc1ccc(C(F)(F)COCC(=O)O)cc1. The molecule has 0 saturated carbocycles. The number of ether oxygens (including phenoxy) is 1. The van der Waals surface area contributed by atoms with Gasteiger partial charge in [0.2, 0.25) is 0 Å². The van der Waals surface area contributed by atoms with Gasteiger partial charge in [-0.15, -0.1) is 0 Å². The Morgan fingerprint density at radius 2 is 1.94 bits per heavy atom. The van der Waals surface area contributed by atoms with Crippen molar-refractivity contribution in [1.29, 1.82) is 0 Å². The third kappa shape index (κ3) is 4.41. The standard InChI is InChI=1S/C13H16F2O3/c1-2-3-10-4-6-11(7-5-10)13(14,15)9-18-8-12(16)17/h4-7H,2-3,8-9H2,1H3,(H,16,17). The predicted molar refractivity (Wildman–Crippen MR) is 62.8 cm³/mol. The summed E-state index contributed by atoms with van der Waals surface area (Å²) >= 11 is 0. The molecular formula is C13H16F2O3. The molecule has 0 spiro atoms. The van der Waals surface area contributed by atoms with E-state index in [9.17, 15) is 13.6 Å². The molecular weight excluding hydrogens is 242 g/mol. The smallest absolute Gasteiger partial charge is 0.329 e. The van der Waals surface area contributed by atoms with Gasteiger partial charge < -0.3 is 9.84 Å². The van der Waals surface area contributed by atoms with E-state index in [4.69, 9.17) is 5.11 Å². The molecule has 1 aromatic rings. The van der Waals surface area contributed by atoms with E-state index in [2.05, 4.69) is 4.74 Å². The van der Waals surface area contributed by atoms with Crippen molar-refractivity contribution in [2.75, 3.05) is 13.2 Å². The van der Waals surface area contributed by atoms with Crippen LogP contribution < -0.4 is 0 Å². The molecule has 3 nitrogen and oxygen atoms in total. The van der Waals surface area contributed by atoms with Crippen LogP contribution in [0.1, 0.15) is 24.5 Å². The summed E-state index contributed by atoms with van der Waals surface area (Å²) in [7, 11) is 0. The minimum Gasteiger partial charge on any atom is -0.480 e. The molecule has 0 fully saturated rings. The molecule has 100 valence electrons. The summed E-state index contributed by atoms with van der Waals surface area (Å²) in [5, 5.41) is 8.31. The summed E-state index contributed by atoms with van der Waals surface area (Å²) in [6, 6.07) is 6.03. The summed E-state index contributed by atoms with van der Waals surface area (Å²) in [6.45, 7) is 0.373. The van der Waals surface area contributed by atoms with Gasteiger partial charge in [0.1, 0.15) is 13.2 Å². The summed E-state index contributed by atoms with van der Waals surface area (Å²) in [5.41, 5.74) is 0.844. The summed E-state index contributed by atoms with van der Waals surface area (Å²) in [6.07, 6.45) is 1.80. The average Bonchev–Trinajstić information content (AvgIpc) is 2.29. The van der Waals surface area contributed by atoms with Gasteiger partial charge in [-0.3, -0.25) is 0 Å². The Morgan fingerprint density at radius 1 is 1.33 bits per heavy atom. The van der Waals surface area contributed by atoms with Gasteiger partial charge in [0, 0.05) is 5.56 Å². The van der Waals surface area contributed by atoms with E-state index in [-0.39, 0.29) is 5.56 Å². The van der Waals surface area contributed by atoms with E-state index in [1.54, 1.807) is 12.1 Å². The Balaban J connectivity index is 2.63. The van der Waals surface area contributed by atoms with Crippen molar-refractivity contribution in [1.82, 2.24) is 0 Å². The Hall–Kier alpha value is -1.49. The Kier molecular flexibility index (Phi) is 5.22. The summed E-state index contributed by atoms with van der Waals surface area (Å²) < 4.78 is 31.7. The zero-order valence-electron chi connectivity index (χ0n) is 10.2. The minimum atomic E-state index is -3.17. The lowest BCUT2D eigenvalue weighted by molar-refractivity contribution is -0.147. The van der Waals surface area contributed by atoms with E-state index >= 15 is 0 Å². The van der Waals surface area contributed by atoms with Gasteiger partial charge in [-0.25, -0.2) is 4.79 Å². The molecule has 0 aliphatic rings. The van der Waals surface area contributed by atoms with Gasteiger partial charge in [0.25, 0.3) is 5.92 Å². The second-order valence-electron chi connectivity index (χ2n) is 4.04. The highest BCUT2D eigenvalue weighted by Gasteiger charge is 2.32. The van der Waals surface area contributed by atoms with E-state index < -0.39 is 25.1 Å². The molecule has 18 heavy (non-hydrogen) atoms. The van der Waals surface area contributed by atoms with Crippen LogP contribution in [0.3, 0.4) is 0 Å². The lowest BCUT2D eigenvalue weighted by Crippen LogP contribution is -2.23. The predicted octanol–water partition coefficient (Wildman–Crippen LogP) is 2.83. The van der Waals surface area contributed by atoms with Crippen molar-refractivity contribution in [2.45, 2.75) is 25.7 Å². The Bertz CT molecular complexity index is 388. The van der Waals surface area contributed by atoms with Gasteiger partial charge in [0.15, 0.2) is 0 Å². The fourth-order valence-corrected chi connectivity index (χ4v) is 1.55. The van der Waals surface area contributed by atoms with Crippen LogP contribution in [0.25, 0.3) is 0 Å². The largest absolute Gasteiger partial charge is 0.480 e. The summed E-state index contributed by atoms with van der Waals surface area (Å²) in [5.74, 6) is -4.43. The topological polar surface area (TPSA) is 46.5 Å². The normalized spacial score (nSPS) is 11.5. The maximum Gasteiger partial charge on any atom is 0.329 e. The maximum atomic E-state index is 13.6. The number of carboxylic acid groups (broad SMARTS) is 1. The zero-order valence-corrected chi connectivity index (χ0v) is 10.2. The molecule has 0 bridgehead atoms. The molecule has 5 heteroatoms. The number of carboxylic acids is 1. The Morgan fingerprint density at radius 3 is 2.44 bits per heavy atom. The van der Waals surface area contributed by atoms with Crippen molar-refractivity contribution < 1.29 is 23.4 Å². The average molecular weight is 258 g/mol. The molecule has 0 heterocycles. The minimum absolute atomic E-state index is 0.159. The van der Waals surface area contributed by atoms with E-state index in [0.717, 1.165) is 18.4 Å². The molecule has 0 atom stereocenters. The monoisotopic (exact) mass is 258 g/mol. The van der Waals surface area contributed by atoms with Gasteiger partial charge in [-0.2, -0.15) is 8.78 Å². The van der Waals surface area contributed by atoms with Gasteiger partial charge in [-0.05, 0) is 12.0 Å². The molecule has 1 aromatic carbocycles. The first-order valence-electron chi connectivity index (χ1n) is 5.72. The quantitative estimate of drug-likeness (QED) is 0.818. The molecule has 0 radical (unpaired) electrons. The molecule has 0 amide bonds. The first-order valence-corrected chi connectivity index (χ1v) is 5.72. The van der Waals surface area contributed by atoms with Gasteiger partial charge >= 0.3 is 5.97 Å². The number of alkyl halides is 2. The molecule has 0 aromatic heterocycles. The van der Waals surface area contributed by atoms with Gasteiger partial charge in [0.05, 0.1) is 0 Å². The molecule has 0 aliphatic carbocycles. The lowest BCUT2D eigenvalue weighted by Gasteiger charge is -2.16. The Labute approximate surface area is 104 Å². The maximum absolute atomic E-state index is 13.6. The first-order chi connectivity index (χ1) is 8.45. The van der Waals surface area contributed by atoms with Crippen molar-refractivity contribution in [3.63, 3.8) is 0 Å². The van der Waals surface area contributed by atoms with E-state index in [0.29, 0.717) is 0 Å². The van der Waals surface area contributed by atoms with Crippen LogP contribution in [0.2, 0.25) is 0 Å². The fourth-order valence-electron chi connectivity index (χ4n) is 1.55. The van der Waals surface area contributed by atoms with Crippen LogP contribution >= 0.6 is 0 Å². The first kappa shape index (κ1) is 14.6. The van der Waals surface area contributed by atoms with Crippen molar-refractivity contribution >= 4 is 5.97 Å². The van der Waals surface area contributed by atoms with Crippen LogP contribution in [0.15, 0.2) is 24.3 Å². The third-order valence-electron chi connectivity index (χ3n) is 2.42. The second kappa shape index (κ2) is 6.44. The highest BCUT2D eigenvalue weighted by molar-refractivity contribution is 5.67. The van der Waals surface area contributed by atoms with Gasteiger partial charge in [-0.1, -0.05) is 37.6 Å². The van der Waals surface area contributed by atoms with Crippen LogP contribution in [-0.4, -0.2) is 24.3 Å². The van der Waals surface area contributed by atoms with Crippen LogP contribution in [-0.2, 0) is 21.9 Å². The number of aryl methyl sites for hydroxylation is 1. The number of benzene rings is 1. The third-order valence-corrected chi connectivity index (χ3v) is 2.42. The zero-order chi connectivity index (χ0) is 13.6. The number of halogens is 2. The lowest BCUT2D eigenvalue weighted by atomic mass is 10.0. The molecule has 1 N–H and O–H groups in total. The van der Waals surface area contributed by atoms with Crippen molar-refractivity contribution in [2.24, 2.45) is 0 Å². The fraction of sp³-hybridized carbons (Fsp3) is 0.462. The number of hydrogen-bond acceptors (Lipinski definition) is 2. The van der Waals surface area contributed by atoms with Crippen LogP contribution in [0.4, 0.5) is 8.78 Å². The second-order valence-corrected chi connectivity index (χ2v) is 4.04. The molecule has 0 aliphatic heterocycles. The van der Waals surface area contributed by atoms with Crippen LogP contribution in [0.5, 0.6) is 0 Å². The van der Waals surface area contributed by atoms with Crippen molar-refractivity contribution in [3.05, 3.63) is 35.4 Å². The number of aliphatic carboxylic acids is 1. The van der Waals surface area contributed by atoms with E-state index in [1.807, 2.05) is 6.92 Å². The number of rotatable bonds is 7. The molecule has 0 unspecified atom stereocenters. The highest BCUT2D eigenvalue weighted by Crippen LogP contribution is 2.28. The van der Waals surface area contributed by atoms with Crippen LogP contribution in [0, 0.1) is 0 Å². The van der Waals surface area contributed by atoms with Crippen molar-refractivity contribution in [3.8, 4) is 0 Å². The summed E-state index contributed by atoms with van der Waals surface area (Å²) in [4.78, 5) is 10.2. The van der Waals surface area contributed by atoms with E-state index in [1.165, 1.54) is 12.1 Å².